The van der Waals surface area contributed by atoms with E-state index < -0.39 is 5.54 Å². The Hall–Kier alpha value is -2.60. The van der Waals surface area contributed by atoms with Gasteiger partial charge in [0.25, 0.3) is 0 Å². The number of aromatic nitrogens is 1. The van der Waals surface area contributed by atoms with Gasteiger partial charge < -0.3 is 20.1 Å². The number of H-pyrrole nitrogens is 1. The second-order valence-corrected chi connectivity index (χ2v) is 10.1. The number of benzene rings is 1. The van der Waals surface area contributed by atoms with E-state index in [4.69, 9.17) is 0 Å². The third kappa shape index (κ3) is 3.03. The number of ketones is 1. The van der Waals surface area contributed by atoms with Crippen molar-refractivity contribution in [3.63, 3.8) is 0 Å². The second kappa shape index (κ2) is 7.48. The SMILES string of the molecule is Cc1ccc(N2CNC(=O)C23CCN(CC2CCc4[nH]c5c(c4C2=O)CCC5)CC3)cc1. The van der Waals surface area contributed by atoms with Gasteiger partial charge in [-0.2, -0.15) is 0 Å². The maximum atomic E-state index is 13.4. The molecule has 168 valence electrons. The predicted octanol–water partition coefficient (Wildman–Crippen LogP) is 2.99. The summed E-state index contributed by atoms with van der Waals surface area (Å²) >= 11 is 0. The van der Waals surface area contributed by atoms with Crippen LogP contribution in [0.25, 0.3) is 0 Å². The molecule has 3 heterocycles. The van der Waals surface area contributed by atoms with Crippen LogP contribution in [0, 0.1) is 12.8 Å². The molecule has 2 N–H and O–H groups in total. The fraction of sp³-hybridized carbons (Fsp3) is 0.538. The number of carbonyl (C=O) groups is 2. The molecule has 6 heteroatoms. The number of likely N-dealkylation sites (tertiary alicyclic amines) is 1. The summed E-state index contributed by atoms with van der Waals surface area (Å²) in [5.74, 6) is 0.590. The van der Waals surface area contributed by atoms with Crippen molar-refractivity contribution >= 4 is 17.4 Å². The zero-order valence-corrected chi connectivity index (χ0v) is 18.9. The van der Waals surface area contributed by atoms with Gasteiger partial charge in [-0.25, -0.2) is 0 Å². The number of hydrogen-bond donors (Lipinski definition) is 2. The lowest BCUT2D eigenvalue weighted by Crippen LogP contribution is -2.57. The number of aromatic amines is 1. The van der Waals surface area contributed by atoms with Crippen molar-refractivity contribution in [3.8, 4) is 0 Å². The third-order valence-corrected chi connectivity index (χ3v) is 8.33. The Morgan fingerprint density at radius 2 is 1.81 bits per heavy atom. The number of fused-ring (bicyclic) bond motifs is 3. The Morgan fingerprint density at radius 3 is 2.59 bits per heavy atom. The molecule has 0 saturated carbocycles. The van der Waals surface area contributed by atoms with Gasteiger partial charge in [0, 0.05) is 48.2 Å². The largest absolute Gasteiger partial charge is 0.361 e. The minimum Gasteiger partial charge on any atom is -0.361 e. The van der Waals surface area contributed by atoms with E-state index >= 15 is 0 Å². The Kier molecular flexibility index (Phi) is 4.68. The molecular formula is C26H32N4O2. The summed E-state index contributed by atoms with van der Waals surface area (Å²) in [4.78, 5) is 34.5. The summed E-state index contributed by atoms with van der Waals surface area (Å²) in [5.41, 5.74) is 6.71. The first-order chi connectivity index (χ1) is 15.5. The average molecular weight is 433 g/mol. The maximum absolute atomic E-state index is 13.4. The van der Waals surface area contributed by atoms with Gasteiger partial charge in [-0.05, 0) is 69.6 Å². The van der Waals surface area contributed by atoms with Crippen molar-refractivity contribution in [2.75, 3.05) is 31.2 Å². The van der Waals surface area contributed by atoms with Gasteiger partial charge in [0.15, 0.2) is 5.78 Å². The highest BCUT2D eigenvalue weighted by Gasteiger charge is 2.50. The lowest BCUT2D eigenvalue weighted by atomic mass is 9.82. The quantitative estimate of drug-likeness (QED) is 0.783. The summed E-state index contributed by atoms with van der Waals surface area (Å²) in [5, 5.41) is 3.09. The monoisotopic (exact) mass is 432 g/mol. The highest BCUT2D eigenvalue weighted by Crippen LogP contribution is 2.38. The number of aryl methyl sites for hydroxylation is 3. The van der Waals surface area contributed by atoms with E-state index in [1.165, 1.54) is 28.9 Å². The molecule has 1 unspecified atom stereocenters. The molecular weight excluding hydrogens is 400 g/mol. The molecule has 6 rings (SSSR count). The maximum Gasteiger partial charge on any atom is 0.247 e. The number of amides is 1. The molecule has 2 saturated heterocycles. The van der Waals surface area contributed by atoms with Crippen molar-refractivity contribution in [3.05, 3.63) is 52.3 Å². The molecule has 1 aromatic heterocycles. The van der Waals surface area contributed by atoms with Crippen molar-refractivity contribution in [1.82, 2.24) is 15.2 Å². The minimum atomic E-state index is -0.461. The lowest BCUT2D eigenvalue weighted by Gasteiger charge is -2.44. The number of hydrogen-bond acceptors (Lipinski definition) is 4. The number of nitrogens with one attached hydrogen (secondary N) is 2. The van der Waals surface area contributed by atoms with Crippen LogP contribution < -0.4 is 10.2 Å². The first-order valence-corrected chi connectivity index (χ1v) is 12.2. The molecule has 2 fully saturated rings. The van der Waals surface area contributed by atoms with Crippen LogP contribution >= 0.6 is 0 Å². The Labute approximate surface area is 189 Å². The molecule has 0 bridgehead atoms. The van der Waals surface area contributed by atoms with Crippen LogP contribution in [0.5, 0.6) is 0 Å². The highest BCUT2D eigenvalue weighted by atomic mass is 16.2. The molecule has 2 aliphatic heterocycles. The van der Waals surface area contributed by atoms with Gasteiger partial charge in [0.2, 0.25) is 5.91 Å². The van der Waals surface area contributed by atoms with Gasteiger partial charge in [0.1, 0.15) is 5.54 Å². The third-order valence-electron chi connectivity index (χ3n) is 8.33. The van der Waals surface area contributed by atoms with Crippen LogP contribution in [0.2, 0.25) is 0 Å². The predicted molar refractivity (Wildman–Crippen MR) is 124 cm³/mol. The number of carbonyl (C=O) groups excluding carboxylic acids is 2. The molecule has 1 atom stereocenters. The fourth-order valence-corrected chi connectivity index (χ4v) is 6.46. The Morgan fingerprint density at radius 1 is 1.03 bits per heavy atom. The van der Waals surface area contributed by atoms with Crippen LogP contribution in [0.3, 0.4) is 0 Å². The standard InChI is InChI=1S/C26H32N4O2/c1-17-5-8-19(9-6-17)30-16-27-25(32)26(30)11-13-29(14-12-26)15-18-7-10-22-23(24(18)31)20-3-2-4-21(20)28-22/h5-6,8-9,18,28H,2-4,7,10-16H2,1H3,(H,27,32). The van der Waals surface area contributed by atoms with Crippen LogP contribution in [-0.2, 0) is 24.1 Å². The van der Waals surface area contributed by atoms with Crippen LogP contribution in [0.1, 0.15) is 58.6 Å². The van der Waals surface area contributed by atoms with Gasteiger partial charge in [-0.15, -0.1) is 0 Å². The van der Waals surface area contributed by atoms with Crippen molar-refractivity contribution in [2.45, 2.75) is 57.4 Å². The number of nitrogens with zero attached hydrogens (tertiary/aromatic N) is 2. The summed E-state index contributed by atoms with van der Waals surface area (Å²) in [6.07, 6.45) is 6.84. The fourth-order valence-electron chi connectivity index (χ4n) is 6.46. The van der Waals surface area contributed by atoms with Gasteiger partial charge in [-0.3, -0.25) is 9.59 Å². The molecule has 1 spiro atoms. The molecule has 4 aliphatic rings. The Balaban J connectivity index is 1.15. The molecule has 6 nitrogen and oxygen atoms in total. The number of rotatable bonds is 3. The van der Waals surface area contributed by atoms with Crippen molar-refractivity contribution < 1.29 is 9.59 Å². The summed E-state index contributed by atoms with van der Waals surface area (Å²) in [7, 11) is 0. The van der Waals surface area contributed by atoms with E-state index in [0.717, 1.165) is 69.4 Å². The smallest absolute Gasteiger partial charge is 0.247 e. The summed E-state index contributed by atoms with van der Waals surface area (Å²) in [6.45, 7) is 5.20. The zero-order valence-electron chi connectivity index (χ0n) is 18.9. The van der Waals surface area contributed by atoms with Gasteiger partial charge in [-0.1, -0.05) is 17.7 Å². The Bertz CT molecular complexity index is 1060. The van der Waals surface area contributed by atoms with E-state index in [2.05, 4.69) is 51.3 Å². The summed E-state index contributed by atoms with van der Waals surface area (Å²) < 4.78 is 0. The van der Waals surface area contributed by atoms with E-state index in [9.17, 15) is 9.59 Å². The second-order valence-electron chi connectivity index (χ2n) is 10.1. The molecule has 32 heavy (non-hydrogen) atoms. The van der Waals surface area contributed by atoms with Crippen LogP contribution in [0.4, 0.5) is 5.69 Å². The molecule has 1 amide bonds. The van der Waals surface area contributed by atoms with Gasteiger partial charge >= 0.3 is 0 Å². The van der Waals surface area contributed by atoms with Crippen LogP contribution in [-0.4, -0.2) is 53.4 Å². The molecule has 2 aliphatic carbocycles. The van der Waals surface area contributed by atoms with Gasteiger partial charge in [0.05, 0.1) is 6.67 Å². The first kappa shape index (κ1) is 20.0. The normalized spacial score (nSPS) is 24.7. The topological polar surface area (TPSA) is 68.4 Å². The molecule has 0 radical (unpaired) electrons. The van der Waals surface area contributed by atoms with E-state index in [0.29, 0.717) is 12.5 Å². The molecule has 1 aromatic carbocycles. The van der Waals surface area contributed by atoms with E-state index in [-0.39, 0.29) is 11.8 Å². The number of Topliss-reactive ketones (excluding diaryl/α,β-unsaturated/α-hetero) is 1. The summed E-state index contributed by atoms with van der Waals surface area (Å²) in [6, 6.07) is 8.47. The first-order valence-electron chi connectivity index (χ1n) is 12.2. The van der Waals surface area contributed by atoms with E-state index in [1.807, 2.05) is 0 Å². The zero-order chi connectivity index (χ0) is 21.9. The number of anilines is 1. The lowest BCUT2D eigenvalue weighted by molar-refractivity contribution is -0.125. The minimum absolute atomic E-state index is 0.0858. The van der Waals surface area contributed by atoms with E-state index in [1.54, 1.807) is 0 Å². The van der Waals surface area contributed by atoms with Crippen LogP contribution in [0.15, 0.2) is 24.3 Å². The molecule has 2 aromatic rings. The number of piperidine rings is 1. The average Bonchev–Trinajstić information content (AvgIpc) is 3.47. The van der Waals surface area contributed by atoms with Crippen molar-refractivity contribution in [1.29, 1.82) is 0 Å². The highest BCUT2D eigenvalue weighted by molar-refractivity contribution is 6.02. The van der Waals surface area contributed by atoms with Crippen molar-refractivity contribution in [2.24, 2.45) is 5.92 Å².